The van der Waals surface area contributed by atoms with E-state index in [1.165, 1.54) is 0 Å². The number of rotatable bonds is 3. The maximum absolute atomic E-state index is 5.55. The van der Waals surface area contributed by atoms with E-state index in [1.54, 1.807) is 12.4 Å². The van der Waals surface area contributed by atoms with Gasteiger partial charge in [-0.25, -0.2) is 4.98 Å². The summed E-state index contributed by atoms with van der Waals surface area (Å²) in [6.45, 7) is 3.33. The molecule has 2 N–H and O–H groups in total. The maximum Gasteiger partial charge on any atom is 0.147 e. The average molecular weight is 222 g/mol. The van der Waals surface area contributed by atoms with Crippen molar-refractivity contribution in [2.24, 2.45) is 5.73 Å². The smallest absolute Gasteiger partial charge is 0.147 e. The Hall–Kier alpha value is -1.20. The van der Waals surface area contributed by atoms with Crippen molar-refractivity contribution in [3.05, 3.63) is 18.1 Å². The Balaban J connectivity index is 2.16. The molecular formula is C11H18N4O. The Bertz CT molecular complexity index is 358. The van der Waals surface area contributed by atoms with Crippen LogP contribution < -0.4 is 10.6 Å². The maximum atomic E-state index is 5.55. The minimum Gasteiger partial charge on any atom is -0.376 e. The Kier molecular flexibility index (Phi) is 3.36. The highest BCUT2D eigenvalue weighted by Gasteiger charge is 2.28. The summed E-state index contributed by atoms with van der Waals surface area (Å²) in [7, 11) is 2.03. The third kappa shape index (κ3) is 2.15. The Morgan fingerprint density at radius 2 is 2.38 bits per heavy atom. The first kappa shape index (κ1) is 11.3. The van der Waals surface area contributed by atoms with Crippen LogP contribution >= 0.6 is 0 Å². The van der Waals surface area contributed by atoms with Gasteiger partial charge in [-0.15, -0.1) is 0 Å². The van der Waals surface area contributed by atoms with Crippen molar-refractivity contribution in [1.82, 2.24) is 9.97 Å². The Morgan fingerprint density at radius 3 is 3.00 bits per heavy atom. The molecule has 0 radical (unpaired) electrons. The lowest BCUT2D eigenvalue weighted by Crippen LogP contribution is -2.37. The molecule has 2 heterocycles. The average Bonchev–Trinajstić information content (AvgIpc) is 2.74. The largest absolute Gasteiger partial charge is 0.376 e. The summed E-state index contributed by atoms with van der Waals surface area (Å²) in [5.41, 5.74) is 6.37. The number of nitrogens with two attached hydrogens (primary N) is 1. The fourth-order valence-corrected chi connectivity index (χ4v) is 2.06. The Labute approximate surface area is 95.6 Å². The van der Waals surface area contributed by atoms with E-state index in [2.05, 4.69) is 21.8 Å². The lowest BCUT2D eigenvalue weighted by Gasteiger charge is -2.27. The van der Waals surface area contributed by atoms with Gasteiger partial charge < -0.3 is 15.4 Å². The molecule has 1 saturated heterocycles. The van der Waals surface area contributed by atoms with E-state index < -0.39 is 0 Å². The highest BCUT2D eigenvalue weighted by Crippen LogP contribution is 2.22. The second-order valence-electron chi connectivity index (χ2n) is 4.12. The van der Waals surface area contributed by atoms with Gasteiger partial charge in [0.1, 0.15) is 5.82 Å². The monoisotopic (exact) mass is 222 g/mol. The zero-order valence-electron chi connectivity index (χ0n) is 9.76. The van der Waals surface area contributed by atoms with Crippen LogP contribution in [0.15, 0.2) is 12.4 Å². The van der Waals surface area contributed by atoms with E-state index in [0.29, 0.717) is 12.6 Å². The fraction of sp³-hybridized carbons (Fsp3) is 0.636. The zero-order valence-corrected chi connectivity index (χ0v) is 9.76. The van der Waals surface area contributed by atoms with Gasteiger partial charge in [-0.1, -0.05) is 0 Å². The van der Waals surface area contributed by atoms with Crippen LogP contribution in [-0.2, 0) is 11.3 Å². The van der Waals surface area contributed by atoms with Crippen molar-refractivity contribution >= 4 is 5.82 Å². The van der Waals surface area contributed by atoms with Gasteiger partial charge in [-0.05, 0) is 13.3 Å². The molecule has 16 heavy (non-hydrogen) atoms. The second-order valence-corrected chi connectivity index (χ2v) is 4.12. The van der Waals surface area contributed by atoms with Crippen molar-refractivity contribution in [3.63, 3.8) is 0 Å². The molecule has 0 bridgehead atoms. The molecule has 1 aliphatic heterocycles. The number of hydrogen-bond donors (Lipinski definition) is 1. The van der Waals surface area contributed by atoms with Crippen molar-refractivity contribution in [1.29, 1.82) is 0 Å². The van der Waals surface area contributed by atoms with Gasteiger partial charge in [0.15, 0.2) is 0 Å². The minimum absolute atomic E-state index is 0.244. The summed E-state index contributed by atoms with van der Waals surface area (Å²) in [6, 6.07) is 0.377. The molecule has 88 valence electrons. The first-order valence-electron chi connectivity index (χ1n) is 5.58. The molecule has 2 unspecified atom stereocenters. The normalized spacial score (nSPS) is 24.7. The number of nitrogens with zero attached hydrogens (tertiary/aromatic N) is 3. The number of anilines is 1. The topological polar surface area (TPSA) is 64.3 Å². The van der Waals surface area contributed by atoms with Crippen molar-refractivity contribution in [2.45, 2.75) is 32.0 Å². The van der Waals surface area contributed by atoms with E-state index in [9.17, 15) is 0 Å². The molecule has 2 rings (SSSR count). The van der Waals surface area contributed by atoms with E-state index in [-0.39, 0.29) is 6.10 Å². The highest BCUT2D eigenvalue weighted by molar-refractivity contribution is 5.37. The predicted octanol–water partition coefficient (Wildman–Crippen LogP) is 0.549. The van der Waals surface area contributed by atoms with Crippen molar-refractivity contribution < 1.29 is 4.74 Å². The standard InChI is InChI=1S/C11H18N4O/c1-8-10(3-4-16-8)15(2)11-7-13-6-9(5-12)14-11/h6-8,10H,3-5,12H2,1-2H3. The van der Waals surface area contributed by atoms with Crippen LogP contribution in [0.5, 0.6) is 0 Å². The van der Waals surface area contributed by atoms with E-state index in [1.807, 2.05) is 7.05 Å². The van der Waals surface area contributed by atoms with Gasteiger partial charge >= 0.3 is 0 Å². The molecule has 5 nitrogen and oxygen atoms in total. The molecule has 0 aromatic carbocycles. The van der Waals surface area contributed by atoms with Gasteiger partial charge in [-0.2, -0.15) is 0 Å². The van der Waals surface area contributed by atoms with Gasteiger partial charge in [0.25, 0.3) is 0 Å². The van der Waals surface area contributed by atoms with E-state index in [0.717, 1.165) is 24.5 Å². The third-order valence-corrected chi connectivity index (χ3v) is 3.08. The van der Waals surface area contributed by atoms with E-state index in [4.69, 9.17) is 10.5 Å². The quantitative estimate of drug-likeness (QED) is 0.809. The molecule has 1 fully saturated rings. The first-order chi connectivity index (χ1) is 7.72. The molecule has 2 atom stereocenters. The summed E-state index contributed by atoms with van der Waals surface area (Å²) in [5, 5.41) is 0. The molecule has 1 aromatic heterocycles. The number of hydrogen-bond acceptors (Lipinski definition) is 5. The van der Waals surface area contributed by atoms with Crippen LogP contribution in [-0.4, -0.2) is 35.8 Å². The lowest BCUT2D eigenvalue weighted by molar-refractivity contribution is 0.118. The number of ether oxygens (including phenoxy) is 1. The fourth-order valence-electron chi connectivity index (χ4n) is 2.06. The van der Waals surface area contributed by atoms with Crippen LogP contribution in [0.25, 0.3) is 0 Å². The summed E-state index contributed by atoms with van der Waals surface area (Å²) in [4.78, 5) is 10.7. The van der Waals surface area contributed by atoms with Crippen LogP contribution in [0.1, 0.15) is 19.0 Å². The van der Waals surface area contributed by atoms with Crippen LogP contribution in [0.2, 0.25) is 0 Å². The first-order valence-corrected chi connectivity index (χ1v) is 5.58. The van der Waals surface area contributed by atoms with Gasteiger partial charge in [0.2, 0.25) is 0 Å². The van der Waals surface area contributed by atoms with Crippen molar-refractivity contribution in [2.75, 3.05) is 18.6 Å². The van der Waals surface area contributed by atoms with Crippen LogP contribution in [0.4, 0.5) is 5.82 Å². The molecule has 1 aromatic rings. The van der Waals surface area contributed by atoms with Gasteiger partial charge in [-0.3, -0.25) is 4.98 Å². The second kappa shape index (κ2) is 4.76. The SMILES string of the molecule is CC1OCCC1N(C)c1cncc(CN)n1. The molecule has 0 saturated carbocycles. The van der Waals surface area contributed by atoms with Crippen LogP contribution in [0.3, 0.4) is 0 Å². The van der Waals surface area contributed by atoms with Crippen molar-refractivity contribution in [3.8, 4) is 0 Å². The van der Waals surface area contributed by atoms with Crippen LogP contribution in [0, 0.1) is 0 Å². The number of likely N-dealkylation sites (N-methyl/N-ethyl adjacent to an activating group) is 1. The molecule has 5 heteroatoms. The highest BCUT2D eigenvalue weighted by atomic mass is 16.5. The molecule has 0 spiro atoms. The summed E-state index contributed by atoms with van der Waals surface area (Å²) in [5.74, 6) is 0.866. The molecule has 1 aliphatic rings. The minimum atomic E-state index is 0.244. The van der Waals surface area contributed by atoms with Gasteiger partial charge in [0.05, 0.1) is 24.0 Å². The lowest BCUT2D eigenvalue weighted by atomic mass is 10.1. The summed E-state index contributed by atoms with van der Waals surface area (Å²) < 4.78 is 5.55. The summed E-state index contributed by atoms with van der Waals surface area (Å²) in [6.07, 6.45) is 4.75. The molecule has 0 amide bonds. The predicted molar refractivity (Wildman–Crippen MR) is 62.1 cm³/mol. The third-order valence-electron chi connectivity index (χ3n) is 3.08. The van der Waals surface area contributed by atoms with Gasteiger partial charge in [0, 0.05) is 26.4 Å². The Morgan fingerprint density at radius 1 is 1.56 bits per heavy atom. The van der Waals surface area contributed by atoms with E-state index >= 15 is 0 Å². The molecular weight excluding hydrogens is 204 g/mol. The number of aromatic nitrogens is 2. The molecule has 0 aliphatic carbocycles. The summed E-state index contributed by atoms with van der Waals surface area (Å²) >= 11 is 0. The zero-order chi connectivity index (χ0) is 11.5.